The predicted octanol–water partition coefficient (Wildman–Crippen LogP) is 3.57. The summed E-state index contributed by atoms with van der Waals surface area (Å²) >= 11 is 3.56. The largest absolute Gasteiger partial charge is 0.339 e. The highest BCUT2D eigenvalue weighted by Crippen LogP contribution is 2.27. The molecule has 1 amide bonds. The number of benzene rings is 1. The summed E-state index contributed by atoms with van der Waals surface area (Å²) in [5.41, 5.74) is 1.87. The van der Waals surface area contributed by atoms with Gasteiger partial charge in [0, 0.05) is 30.0 Å². The second-order valence-corrected chi connectivity index (χ2v) is 5.97. The number of rotatable bonds is 1. The Balaban J connectivity index is 2.03. The number of amides is 1. The first-order valence-electron chi connectivity index (χ1n) is 6.71. The topological polar surface area (TPSA) is 25.2 Å². The van der Waals surface area contributed by atoms with Gasteiger partial charge in [-0.3, -0.25) is 4.79 Å². The molecule has 0 unspecified atom stereocenters. The molecule has 0 N–H and O–H groups in total. The third-order valence-corrected chi connectivity index (χ3v) is 4.51. The molecule has 3 rings (SSSR count). The zero-order chi connectivity index (χ0) is 13.4. The second kappa shape index (κ2) is 5.00. The van der Waals surface area contributed by atoms with Gasteiger partial charge in [-0.2, -0.15) is 0 Å². The number of hydrogen-bond acceptors (Lipinski definition) is 1. The Labute approximate surface area is 121 Å². The Morgan fingerprint density at radius 2 is 1.95 bits per heavy atom. The van der Waals surface area contributed by atoms with E-state index in [2.05, 4.69) is 15.9 Å². The fourth-order valence-electron chi connectivity index (χ4n) is 2.83. The Bertz CT molecular complexity index is 626. The maximum absolute atomic E-state index is 12.6. The van der Waals surface area contributed by atoms with E-state index < -0.39 is 0 Å². The highest BCUT2D eigenvalue weighted by atomic mass is 79.9. The smallest absolute Gasteiger partial charge is 0.270 e. The first kappa shape index (κ1) is 12.7. The fraction of sp³-hybridized carbons (Fsp3) is 0.400. The summed E-state index contributed by atoms with van der Waals surface area (Å²) in [6.45, 7) is 1.78. The predicted molar refractivity (Wildman–Crippen MR) is 80.4 cm³/mol. The van der Waals surface area contributed by atoms with E-state index in [0.717, 1.165) is 47.0 Å². The van der Waals surface area contributed by atoms with Crippen LogP contribution in [-0.4, -0.2) is 28.5 Å². The van der Waals surface area contributed by atoms with Gasteiger partial charge < -0.3 is 9.47 Å². The molecule has 0 atom stereocenters. The van der Waals surface area contributed by atoms with Crippen molar-refractivity contribution in [2.45, 2.75) is 19.3 Å². The minimum absolute atomic E-state index is 0.158. The molecular formula is C15H17BrN2O. The molecule has 0 aliphatic carbocycles. The number of aromatic nitrogens is 1. The lowest BCUT2D eigenvalue weighted by Gasteiger charge is -2.26. The fourth-order valence-corrected chi connectivity index (χ4v) is 3.48. The Morgan fingerprint density at radius 3 is 2.63 bits per heavy atom. The monoisotopic (exact) mass is 320 g/mol. The van der Waals surface area contributed by atoms with Gasteiger partial charge in [0.1, 0.15) is 5.69 Å². The molecule has 2 aromatic rings. The quantitative estimate of drug-likeness (QED) is 0.788. The lowest BCUT2D eigenvalue weighted by atomic mass is 10.1. The third-order valence-electron chi connectivity index (χ3n) is 3.87. The van der Waals surface area contributed by atoms with E-state index in [4.69, 9.17) is 0 Å². The van der Waals surface area contributed by atoms with E-state index in [0.29, 0.717) is 0 Å². The van der Waals surface area contributed by atoms with Gasteiger partial charge in [0.25, 0.3) is 5.91 Å². The van der Waals surface area contributed by atoms with Crippen LogP contribution in [0, 0.1) is 0 Å². The van der Waals surface area contributed by atoms with Crippen LogP contribution < -0.4 is 0 Å². The maximum atomic E-state index is 12.6. The number of nitrogens with zero attached hydrogens (tertiary/aromatic N) is 2. The summed E-state index contributed by atoms with van der Waals surface area (Å²) in [5.74, 6) is 0.158. The molecule has 0 spiro atoms. The van der Waals surface area contributed by atoms with Crippen LogP contribution in [0.2, 0.25) is 0 Å². The van der Waals surface area contributed by atoms with Gasteiger partial charge in [0.2, 0.25) is 0 Å². The molecule has 2 heterocycles. The molecule has 4 heteroatoms. The third kappa shape index (κ3) is 2.18. The standard InChI is InChI=1S/C15H17BrN2O/c1-17-13(15(19)18-8-3-2-4-9-18)10-11-6-5-7-12(16)14(11)17/h5-7,10H,2-4,8-9H2,1H3. The van der Waals surface area contributed by atoms with Crippen molar-refractivity contribution in [1.82, 2.24) is 9.47 Å². The van der Waals surface area contributed by atoms with Gasteiger partial charge in [0.05, 0.1) is 5.52 Å². The number of halogens is 1. The summed E-state index contributed by atoms with van der Waals surface area (Å²) in [4.78, 5) is 14.6. The van der Waals surface area contributed by atoms with Crippen molar-refractivity contribution in [3.63, 3.8) is 0 Å². The number of piperidine rings is 1. The van der Waals surface area contributed by atoms with Crippen molar-refractivity contribution in [1.29, 1.82) is 0 Å². The zero-order valence-electron chi connectivity index (χ0n) is 11.0. The molecule has 1 aliphatic heterocycles. The van der Waals surface area contributed by atoms with Crippen LogP contribution in [-0.2, 0) is 7.05 Å². The zero-order valence-corrected chi connectivity index (χ0v) is 12.6. The SMILES string of the molecule is Cn1c(C(=O)N2CCCCC2)cc2cccc(Br)c21. The number of hydrogen-bond donors (Lipinski definition) is 0. The summed E-state index contributed by atoms with van der Waals surface area (Å²) < 4.78 is 3.03. The number of fused-ring (bicyclic) bond motifs is 1. The second-order valence-electron chi connectivity index (χ2n) is 5.12. The summed E-state index contributed by atoms with van der Waals surface area (Å²) in [5, 5.41) is 1.11. The van der Waals surface area contributed by atoms with E-state index in [1.54, 1.807) is 0 Å². The molecule has 1 aliphatic rings. The Hall–Kier alpha value is -1.29. The molecule has 0 bridgehead atoms. The van der Waals surface area contributed by atoms with E-state index in [-0.39, 0.29) is 5.91 Å². The normalized spacial score (nSPS) is 16.0. The van der Waals surface area contributed by atoms with E-state index in [1.807, 2.05) is 40.8 Å². The summed E-state index contributed by atoms with van der Waals surface area (Å²) in [6, 6.07) is 8.06. The Morgan fingerprint density at radius 1 is 1.21 bits per heavy atom. The molecule has 0 radical (unpaired) electrons. The summed E-state index contributed by atoms with van der Waals surface area (Å²) in [7, 11) is 1.96. The van der Waals surface area contributed by atoms with Crippen molar-refractivity contribution in [3.05, 3.63) is 34.4 Å². The molecule has 0 saturated carbocycles. The average Bonchev–Trinajstić information content (AvgIpc) is 2.78. The van der Waals surface area contributed by atoms with Gasteiger partial charge in [-0.25, -0.2) is 0 Å². The number of para-hydroxylation sites is 1. The number of carbonyl (C=O) groups is 1. The van der Waals surface area contributed by atoms with Crippen molar-refractivity contribution < 1.29 is 4.79 Å². The van der Waals surface area contributed by atoms with Crippen molar-refractivity contribution >= 4 is 32.7 Å². The molecule has 19 heavy (non-hydrogen) atoms. The minimum atomic E-state index is 0.158. The van der Waals surface area contributed by atoms with Crippen molar-refractivity contribution in [2.24, 2.45) is 7.05 Å². The maximum Gasteiger partial charge on any atom is 0.270 e. The van der Waals surface area contributed by atoms with Crippen LogP contribution in [0.4, 0.5) is 0 Å². The first-order chi connectivity index (χ1) is 9.18. The van der Waals surface area contributed by atoms with Crippen LogP contribution in [0.1, 0.15) is 29.8 Å². The van der Waals surface area contributed by atoms with Crippen LogP contribution in [0.5, 0.6) is 0 Å². The van der Waals surface area contributed by atoms with Crippen molar-refractivity contribution in [2.75, 3.05) is 13.1 Å². The van der Waals surface area contributed by atoms with Crippen molar-refractivity contribution in [3.8, 4) is 0 Å². The first-order valence-corrected chi connectivity index (χ1v) is 7.51. The molecule has 3 nitrogen and oxygen atoms in total. The van der Waals surface area contributed by atoms with Gasteiger partial charge in [-0.05, 0) is 47.3 Å². The van der Waals surface area contributed by atoms with Gasteiger partial charge in [-0.1, -0.05) is 12.1 Å². The van der Waals surface area contributed by atoms with Crippen LogP contribution in [0.3, 0.4) is 0 Å². The molecular weight excluding hydrogens is 304 g/mol. The van der Waals surface area contributed by atoms with Gasteiger partial charge >= 0.3 is 0 Å². The number of carbonyl (C=O) groups excluding carboxylic acids is 1. The van der Waals surface area contributed by atoms with Gasteiger partial charge in [-0.15, -0.1) is 0 Å². The van der Waals surface area contributed by atoms with E-state index in [9.17, 15) is 4.79 Å². The van der Waals surface area contributed by atoms with Crippen LogP contribution >= 0.6 is 15.9 Å². The Kier molecular flexibility index (Phi) is 3.35. The molecule has 1 aromatic carbocycles. The molecule has 1 aromatic heterocycles. The van der Waals surface area contributed by atoms with E-state index in [1.165, 1.54) is 6.42 Å². The highest BCUT2D eigenvalue weighted by Gasteiger charge is 2.22. The van der Waals surface area contributed by atoms with Crippen LogP contribution in [0.15, 0.2) is 28.7 Å². The lowest BCUT2D eigenvalue weighted by Crippen LogP contribution is -2.36. The average molecular weight is 321 g/mol. The lowest BCUT2D eigenvalue weighted by molar-refractivity contribution is 0.0715. The summed E-state index contributed by atoms with van der Waals surface area (Å²) in [6.07, 6.45) is 3.49. The number of aryl methyl sites for hydroxylation is 1. The minimum Gasteiger partial charge on any atom is -0.339 e. The number of likely N-dealkylation sites (tertiary alicyclic amines) is 1. The van der Waals surface area contributed by atoms with Gasteiger partial charge in [0.15, 0.2) is 0 Å². The molecule has 100 valence electrons. The molecule has 1 fully saturated rings. The molecule has 1 saturated heterocycles. The van der Waals surface area contributed by atoms with E-state index >= 15 is 0 Å². The highest BCUT2D eigenvalue weighted by molar-refractivity contribution is 9.10. The van der Waals surface area contributed by atoms with Crippen LogP contribution in [0.25, 0.3) is 10.9 Å².